The Bertz CT molecular complexity index is 149. The first kappa shape index (κ1) is 11.7. The van der Waals surface area contributed by atoms with E-state index in [1.54, 1.807) is 7.11 Å². The summed E-state index contributed by atoms with van der Waals surface area (Å²) in [5.74, 6) is 0. The molecule has 0 amide bonds. The molecule has 0 aliphatic rings. The van der Waals surface area contributed by atoms with E-state index in [1.165, 1.54) is 0 Å². The molecule has 0 aromatic carbocycles. The molecule has 0 unspecified atom stereocenters. The van der Waals surface area contributed by atoms with E-state index in [4.69, 9.17) is 21.1 Å². The fourth-order valence-corrected chi connectivity index (χ4v) is 0.623. The van der Waals surface area contributed by atoms with Crippen LogP contribution in [0, 0.1) is 0 Å². The number of allylic oxidation sites excluding steroid dienone is 3. The molecule has 0 bridgehead atoms. The molecule has 0 atom stereocenters. The minimum Gasteiger partial charge on any atom is -0.382 e. The zero-order valence-corrected chi connectivity index (χ0v) is 8.30. The molecule has 0 aliphatic heterocycles. The lowest BCUT2D eigenvalue weighted by molar-refractivity contribution is 0.0853. The van der Waals surface area contributed by atoms with Crippen LogP contribution in [0.15, 0.2) is 23.3 Å². The topological polar surface area (TPSA) is 18.5 Å². The standard InChI is InChI=1S/C9H15ClO2/c1-9(10)5-3-4-6-12-8-7-11-2/h3-5H,6-8H2,1-2H3. The normalized spacial score (nSPS) is 12.8. The van der Waals surface area contributed by atoms with Gasteiger partial charge in [-0.25, -0.2) is 0 Å². The molecule has 0 saturated heterocycles. The Balaban J connectivity index is 3.19. The van der Waals surface area contributed by atoms with Gasteiger partial charge < -0.3 is 9.47 Å². The molecule has 70 valence electrons. The smallest absolute Gasteiger partial charge is 0.0704 e. The fourth-order valence-electron chi connectivity index (χ4n) is 0.550. The van der Waals surface area contributed by atoms with Gasteiger partial charge in [-0.05, 0) is 13.0 Å². The molecule has 2 nitrogen and oxygen atoms in total. The van der Waals surface area contributed by atoms with Gasteiger partial charge in [-0.1, -0.05) is 23.8 Å². The Morgan fingerprint density at radius 3 is 2.75 bits per heavy atom. The minimum atomic E-state index is 0.601. The number of methoxy groups -OCH3 is 1. The maximum atomic E-state index is 5.59. The van der Waals surface area contributed by atoms with Crippen molar-refractivity contribution in [1.82, 2.24) is 0 Å². The predicted octanol–water partition coefficient (Wildman–Crippen LogP) is 2.35. The highest BCUT2D eigenvalue weighted by atomic mass is 35.5. The maximum absolute atomic E-state index is 5.59. The second kappa shape index (κ2) is 8.78. The summed E-state index contributed by atoms with van der Waals surface area (Å²) in [5.41, 5.74) is 0. The third kappa shape index (κ3) is 9.69. The Morgan fingerprint density at radius 1 is 1.42 bits per heavy atom. The molecule has 0 spiro atoms. The molecule has 12 heavy (non-hydrogen) atoms. The van der Waals surface area contributed by atoms with Crippen molar-refractivity contribution in [1.29, 1.82) is 0 Å². The van der Waals surface area contributed by atoms with Gasteiger partial charge in [-0.3, -0.25) is 0 Å². The second-order valence-corrected chi connectivity index (χ2v) is 2.85. The van der Waals surface area contributed by atoms with Crippen LogP contribution in [-0.4, -0.2) is 26.9 Å². The summed E-state index contributed by atoms with van der Waals surface area (Å²) in [6.45, 7) is 3.70. The highest BCUT2D eigenvalue weighted by Crippen LogP contribution is 1.96. The number of ether oxygens (including phenoxy) is 2. The van der Waals surface area contributed by atoms with E-state index < -0.39 is 0 Å². The van der Waals surface area contributed by atoms with Gasteiger partial charge in [0.15, 0.2) is 0 Å². The summed E-state index contributed by atoms with van der Waals surface area (Å²) < 4.78 is 9.98. The van der Waals surface area contributed by atoms with Crippen molar-refractivity contribution < 1.29 is 9.47 Å². The van der Waals surface area contributed by atoms with Crippen LogP contribution in [0.25, 0.3) is 0 Å². The van der Waals surface area contributed by atoms with Crippen LogP contribution < -0.4 is 0 Å². The molecular formula is C9H15ClO2. The van der Waals surface area contributed by atoms with Crippen LogP contribution >= 0.6 is 11.6 Å². The van der Waals surface area contributed by atoms with Crippen LogP contribution in [0.5, 0.6) is 0 Å². The van der Waals surface area contributed by atoms with Crippen LogP contribution in [0.3, 0.4) is 0 Å². The van der Waals surface area contributed by atoms with Crippen molar-refractivity contribution in [2.24, 2.45) is 0 Å². The average Bonchev–Trinajstić information content (AvgIpc) is 2.02. The third-order valence-electron chi connectivity index (χ3n) is 1.11. The van der Waals surface area contributed by atoms with E-state index in [-0.39, 0.29) is 0 Å². The average molecular weight is 191 g/mol. The summed E-state index contributed by atoms with van der Waals surface area (Å²) in [6, 6.07) is 0. The van der Waals surface area contributed by atoms with Gasteiger partial charge >= 0.3 is 0 Å². The first-order valence-electron chi connectivity index (χ1n) is 3.83. The molecule has 0 radical (unpaired) electrons. The monoisotopic (exact) mass is 190 g/mol. The summed E-state index contributed by atoms with van der Waals surface area (Å²) in [7, 11) is 1.65. The Kier molecular flexibility index (Phi) is 8.56. The van der Waals surface area contributed by atoms with Crippen LogP contribution in [-0.2, 0) is 9.47 Å². The van der Waals surface area contributed by atoms with Crippen molar-refractivity contribution >= 4 is 11.6 Å². The van der Waals surface area contributed by atoms with Gasteiger partial charge in [-0.2, -0.15) is 0 Å². The Morgan fingerprint density at radius 2 is 2.17 bits per heavy atom. The molecule has 0 aliphatic carbocycles. The maximum Gasteiger partial charge on any atom is 0.0704 e. The van der Waals surface area contributed by atoms with E-state index in [1.807, 2.05) is 25.2 Å². The highest BCUT2D eigenvalue weighted by Gasteiger charge is 1.81. The van der Waals surface area contributed by atoms with Crippen molar-refractivity contribution in [2.45, 2.75) is 6.92 Å². The van der Waals surface area contributed by atoms with Gasteiger partial charge in [0, 0.05) is 12.1 Å². The molecule has 0 N–H and O–H groups in total. The summed E-state index contributed by atoms with van der Waals surface area (Å²) in [5, 5.41) is 0.767. The van der Waals surface area contributed by atoms with Crippen molar-refractivity contribution in [3.8, 4) is 0 Å². The summed E-state index contributed by atoms with van der Waals surface area (Å²) >= 11 is 5.59. The first-order chi connectivity index (χ1) is 5.77. The summed E-state index contributed by atoms with van der Waals surface area (Å²) in [4.78, 5) is 0. The lowest BCUT2D eigenvalue weighted by Gasteiger charge is -1.97. The number of rotatable bonds is 6. The molecule has 3 heteroatoms. The van der Waals surface area contributed by atoms with Gasteiger partial charge in [-0.15, -0.1) is 0 Å². The van der Waals surface area contributed by atoms with Crippen molar-refractivity contribution in [3.63, 3.8) is 0 Å². The quantitative estimate of drug-likeness (QED) is 0.473. The molecule has 0 heterocycles. The predicted molar refractivity (Wildman–Crippen MR) is 51.4 cm³/mol. The van der Waals surface area contributed by atoms with Gasteiger partial charge in [0.25, 0.3) is 0 Å². The number of hydrogen-bond donors (Lipinski definition) is 0. The molecule has 0 aromatic rings. The molecule has 0 saturated carbocycles. The number of hydrogen-bond acceptors (Lipinski definition) is 2. The Labute approximate surface area is 78.8 Å². The zero-order valence-electron chi connectivity index (χ0n) is 7.55. The lowest BCUT2D eigenvalue weighted by Crippen LogP contribution is -2.00. The van der Waals surface area contributed by atoms with E-state index in [0.29, 0.717) is 19.8 Å². The number of halogens is 1. The van der Waals surface area contributed by atoms with Gasteiger partial charge in [0.2, 0.25) is 0 Å². The van der Waals surface area contributed by atoms with Crippen LogP contribution in [0.1, 0.15) is 6.92 Å². The molecule has 0 aromatic heterocycles. The Hall–Kier alpha value is -0.310. The minimum absolute atomic E-state index is 0.601. The SMILES string of the molecule is COCCOCC=CC=C(C)Cl. The molecule has 0 fully saturated rings. The second-order valence-electron chi connectivity index (χ2n) is 2.25. The van der Waals surface area contributed by atoms with Crippen molar-refractivity contribution in [3.05, 3.63) is 23.3 Å². The van der Waals surface area contributed by atoms with E-state index >= 15 is 0 Å². The summed E-state index contributed by atoms with van der Waals surface area (Å²) in [6.07, 6.45) is 5.60. The highest BCUT2D eigenvalue weighted by molar-refractivity contribution is 6.29. The lowest BCUT2D eigenvalue weighted by atomic mass is 10.4. The molecule has 0 rings (SSSR count). The first-order valence-corrected chi connectivity index (χ1v) is 4.20. The third-order valence-corrected chi connectivity index (χ3v) is 1.23. The van der Waals surface area contributed by atoms with E-state index in [0.717, 1.165) is 5.03 Å². The van der Waals surface area contributed by atoms with Crippen LogP contribution in [0.2, 0.25) is 0 Å². The van der Waals surface area contributed by atoms with Gasteiger partial charge in [0.05, 0.1) is 19.8 Å². The zero-order chi connectivity index (χ0) is 9.23. The van der Waals surface area contributed by atoms with E-state index in [9.17, 15) is 0 Å². The van der Waals surface area contributed by atoms with Gasteiger partial charge in [0.1, 0.15) is 0 Å². The molecular weight excluding hydrogens is 176 g/mol. The van der Waals surface area contributed by atoms with Crippen molar-refractivity contribution in [2.75, 3.05) is 26.9 Å². The van der Waals surface area contributed by atoms with E-state index in [2.05, 4.69) is 0 Å². The fraction of sp³-hybridized carbons (Fsp3) is 0.556. The largest absolute Gasteiger partial charge is 0.382 e. The van der Waals surface area contributed by atoms with Crippen LogP contribution in [0.4, 0.5) is 0 Å².